The van der Waals surface area contributed by atoms with Crippen LogP contribution in [-0.2, 0) is 4.79 Å². The van der Waals surface area contributed by atoms with Crippen LogP contribution in [0, 0.1) is 5.41 Å². The summed E-state index contributed by atoms with van der Waals surface area (Å²) in [6, 6.07) is 9.44. The molecule has 1 amide bonds. The molecule has 5 heterocycles. The zero-order valence-electron chi connectivity index (χ0n) is 18.9. The Morgan fingerprint density at radius 2 is 1.85 bits per heavy atom. The zero-order chi connectivity index (χ0) is 22.8. The first-order chi connectivity index (χ1) is 16.1. The summed E-state index contributed by atoms with van der Waals surface area (Å²) in [5, 5.41) is 3.28. The Kier molecular flexibility index (Phi) is 5.53. The fourth-order valence-corrected chi connectivity index (χ4v) is 4.61. The van der Waals surface area contributed by atoms with E-state index in [4.69, 9.17) is 14.7 Å². The fourth-order valence-electron chi connectivity index (χ4n) is 4.61. The van der Waals surface area contributed by atoms with Gasteiger partial charge in [0.1, 0.15) is 23.2 Å². The number of anilines is 3. The van der Waals surface area contributed by atoms with E-state index < -0.39 is 0 Å². The molecule has 0 unspecified atom stereocenters. The predicted octanol–water partition coefficient (Wildman–Crippen LogP) is 3.13. The number of pyridine rings is 2. The molecule has 2 saturated heterocycles. The van der Waals surface area contributed by atoms with E-state index >= 15 is 0 Å². The van der Waals surface area contributed by atoms with E-state index in [0.29, 0.717) is 23.2 Å². The molecule has 0 aromatic carbocycles. The maximum Gasteiger partial charge on any atom is 0.228 e. The summed E-state index contributed by atoms with van der Waals surface area (Å²) in [5.41, 5.74) is 0.629. The standard InChI is InChI=1S/C24H27N7O2/c1-30-11-7-24(23(30)32)8-12-31(13-9-24)21-14-20(27-19-6-5-18(33-2)16-26-19)28-22(29-21)17-4-3-10-25-15-17/h3-6,10,14-16H,7-9,11-13H2,1-2H3,(H,26,27,28,29). The van der Waals surface area contributed by atoms with Gasteiger partial charge in [0, 0.05) is 50.7 Å². The first kappa shape index (κ1) is 21.1. The van der Waals surface area contributed by atoms with Crippen LogP contribution in [0.3, 0.4) is 0 Å². The molecule has 5 rings (SSSR count). The van der Waals surface area contributed by atoms with Gasteiger partial charge >= 0.3 is 0 Å². The molecule has 9 nitrogen and oxygen atoms in total. The first-order valence-corrected chi connectivity index (χ1v) is 11.1. The number of methoxy groups -OCH3 is 1. The Morgan fingerprint density at radius 3 is 2.48 bits per heavy atom. The number of carbonyl (C=O) groups is 1. The van der Waals surface area contributed by atoms with Crippen molar-refractivity contribution in [3.05, 3.63) is 48.9 Å². The molecule has 3 aromatic rings. The molecule has 0 saturated carbocycles. The number of hydrogen-bond donors (Lipinski definition) is 1. The number of ether oxygens (including phenoxy) is 1. The third-order valence-electron chi connectivity index (χ3n) is 6.63. The second kappa shape index (κ2) is 8.65. The minimum absolute atomic E-state index is 0.210. The lowest BCUT2D eigenvalue weighted by Crippen LogP contribution is -2.44. The largest absolute Gasteiger partial charge is 0.495 e. The molecule has 9 heteroatoms. The smallest absolute Gasteiger partial charge is 0.228 e. The molecular formula is C24H27N7O2. The summed E-state index contributed by atoms with van der Waals surface area (Å²) in [4.78, 5) is 35.0. The topological polar surface area (TPSA) is 96.4 Å². The number of carbonyl (C=O) groups excluding carboxylic acids is 1. The molecule has 2 fully saturated rings. The van der Waals surface area contributed by atoms with Gasteiger partial charge in [0.2, 0.25) is 5.91 Å². The van der Waals surface area contributed by atoms with Gasteiger partial charge in [-0.3, -0.25) is 9.78 Å². The molecule has 0 aliphatic carbocycles. The van der Waals surface area contributed by atoms with E-state index in [1.165, 1.54) is 0 Å². The SMILES string of the molecule is COc1ccc(Nc2cc(N3CCC4(CCN(C)C4=O)CC3)nc(-c3cccnc3)n2)nc1. The van der Waals surface area contributed by atoms with Crippen molar-refractivity contribution in [1.82, 2.24) is 24.8 Å². The molecule has 3 aromatic heterocycles. The van der Waals surface area contributed by atoms with Gasteiger partial charge in [0.15, 0.2) is 5.82 Å². The van der Waals surface area contributed by atoms with Gasteiger partial charge in [0.05, 0.1) is 18.7 Å². The highest BCUT2D eigenvalue weighted by Crippen LogP contribution is 2.42. The Labute approximate surface area is 192 Å². The van der Waals surface area contributed by atoms with Gasteiger partial charge in [0.25, 0.3) is 0 Å². The van der Waals surface area contributed by atoms with E-state index in [-0.39, 0.29) is 11.3 Å². The van der Waals surface area contributed by atoms with Crippen molar-refractivity contribution in [3.8, 4) is 17.1 Å². The van der Waals surface area contributed by atoms with Crippen LogP contribution in [0.15, 0.2) is 48.9 Å². The number of nitrogens with zero attached hydrogens (tertiary/aromatic N) is 6. The number of aromatic nitrogens is 4. The Morgan fingerprint density at radius 1 is 1.03 bits per heavy atom. The van der Waals surface area contributed by atoms with Crippen molar-refractivity contribution >= 4 is 23.4 Å². The monoisotopic (exact) mass is 445 g/mol. The van der Waals surface area contributed by atoms with Gasteiger partial charge in [-0.05, 0) is 43.5 Å². The van der Waals surface area contributed by atoms with Crippen LogP contribution in [0.1, 0.15) is 19.3 Å². The highest BCUT2D eigenvalue weighted by molar-refractivity contribution is 5.85. The minimum Gasteiger partial charge on any atom is -0.495 e. The van der Waals surface area contributed by atoms with Gasteiger partial charge in [-0.1, -0.05) is 0 Å². The Balaban J connectivity index is 1.42. The number of hydrogen-bond acceptors (Lipinski definition) is 8. The maximum atomic E-state index is 12.7. The average molecular weight is 446 g/mol. The summed E-state index contributed by atoms with van der Waals surface area (Å²) in [6.07, 6.45) is 7.76. The number of piperidine rings is 1. The molecule has 0 atom stereocenters. The lowest BCUT2D eigenvalue weighted by molar-refractivity contribution is -0.135. The molecule has 2 aliphatic rings. The van der Waals surface area contributed by atoms with Gasteiger partial charge in [-0.2, -0.15) is 0 Å². The molecule has 2 aliphatic heterocycles. The highest BCUT2D eigenvalue weighted by atomic mass is 16.5. The minimum atomic E-state index is -0.210. The number of nitrogens with one attached hydrogen (secondary N) is 1. The van der Waals surface area contributed by atoms with E-state index in [0.717, 1.165) is 50.3 Å². The van der Waals surface area contributed by atoms with Crippen LogP contribution in [0.5, 0.6) is 5.75 Å². The van der Waals surface area contributed by atoms with Crippen molar-refractivity contribution in [2.24, 2.45) is 5.41 Å². The van der Waals surface area contributed by atoms with E-state index in [1.54, 1.807) is 25.7 Å². The normalized spacial score (nSPS) is 17.5. The predicted molar refractivity (Wildman–Crippen MR) is 125 cm³/mol. The molecule has 1 N–H and O–H groups in total. The number of amides is 1. The van der Waals surface area contributed by atoms with E-state index in [9.17, 15) is 4.79 Å². The van der Waals surface area contributed by atoms with Crippen LogP contribution in [-0.4, -0.2) is 64.5 Å². The Hall–Kier alpha value is -3.75. The summed E-state index contributed by atoms with van der Waals surface area (Å²) >= 11 is 0. The van der Waals surface area contributed by atoms with Crippen molar-refractivity contribution in [2.75, 3.05) is 44.0 Å². The second-order valence-corrected chi connectivity index (χ2v) is 8.63. The molecular weight excluding hydrogens is 418 g/mol. The van der Waals surface area contributed by atoms with Crippen molar-refractivity contribution in [3.63, 3.8) is 0 Å². The summed E-state index contributed by atoms with van der Waals surface area (Å²) in [6.45, 7) is 2.41. The van der Waals surface area contributed by atoms with Crippen LogP contribution in [0.2, 0.25) is 0 Å². The van der Waals surface area contributed by atoms with Crippen molar-refractivity contribution in [1.29, 1.82) is 0 Å². The van der Waals surface area contributed by atoms with E-state index in [2.05, 4.69) is 20.2 Å². The molecule has 1 spiro atoms. The van der Waals surface area contributed by atoms with Crippen LogP contribution in [0.25, 0.3) is 11.4 Å². The third-order valence-corrected chi connectivity index (χ3v) is 6.63. The third kappa shape index (κ3) is 4.18. The summed E-state index contributed by atoms with van der Waals surface area (Å²) < 4.78 is 5.19. The summed E-state index contributed by atoms with van der Waals surface area (Å²) in [5.74, 6) is 3.70. The van der Waals surface area contributed by atoms with Crippen molar-refractivity contribution < 1.29 is 9.53 Å². The van der Waals surface area contributed by atoms with Gasteiger partial charge in [-0.15, -0.1) is 0 Å². The average Bonchev–Trinajstić information content (AvgIpc) is 3.14. The Bertz CT molecular complexity index is 1130. The molecule has 170 valence electrons. The van der Waals surface area contributed by atoms with Gasteiger partial charge in [-0.25, -0.2) is 15.0 Å². The first-order valence-electron chi connectivity index (χ1n) is 11.1. The number of rotatable bonds is 5. The number of likely N-dealkylation sites (tertiary alicyclic amines) is 1. The van der Waals surface area contributed by atoms with Crippen LogP contribution >= 0.6 is 0 Å². The summed E-state index contributed by atoms with van der Waals surface area (Å²) in [7, 11) is 3.51. The van der Waals surface area contributed by atoms with Crippen molar-refractivity contribution in [2.45, 2.75) is 19.3 Å². The van der Waals surface area contributed by atoms with Gasteiger partial charge < -0.3 is 19.9 Å². The highest BCUT2D eigenvalue weighted by Gasteiger charge is 2.47. The molecule has 0 radical (unpaired) electrons. The molecule has 0 bridgehead atoms. The maximum absolute atomic E-state index is 12.7. The second-order valence-electron chi connectivity index (χ2n) is 8.63. The fraction of sp³-hybridized carbons (Fsp3) is 0.375. The zero-order valence-corrected chi connectivity index (χ0v) is 18.9. The quantitative estimate of drug-likeness (QED) is 0.640. The lowest BCUT2D eigenvalue weighted by atomic mass is 9.77. The van der Waals surface area contributed by atoms with Crippen LogP contribution < -0.4 is 15.0 Å². The van der Waals surface area contributed by atoms with E-state index in [1.807, 2.05) is 42.3 Å². The van der Waals surface area contributed by atoms with Crippen LogP contribution in [0.4, 0.5) is 17.5 Å². The molecule has 33 heavy (non-hydrogen) atoms. The lowest BCUT2D eigenvalue weighted by Gasteiger charge is -2.38.